The molecule has 0 fully saturated rings. The Morgan fingerprint density at radius 2 is 2.05 bits per heavy atom. The molecule has 0 aliphatic rings. The van der Waals surface area contributed by atoms with Gasteiger partial charge in [-0.2, -0.15) is 0 Å². The maximum Gasteiger partial charge on any atom is 0.123 e. The maximum atomic E-state index is 5.93. The first-order chi connectivity index (χ1) is 9.58. The summed E-state index contributed by atoms with van der Waals surface area (Å²) in [6.45, 7) is 2.74. The molecule has 0 aliphatic heterocycles. The highest BCUT2D eigenvalue weighted by Gasteiger charge is 2.04. The zero-order valence-corrected chi connectivity index (χ0v) is 13.5. The van der Waals surface area contributed by atoms with Crippen molar-refractivity contribution in [1.29, 1.82) is 0 Å². The van der Waals surface area contributed by atoms with Gasteiger partial charge in [0.1, 0.15) is 5.75 Å². The van der Waals surface area contributed by atoms with Gasteiger partial charge in [-0.3, -0.25) is 0 Å². The van der Waals surface area contributed by atoms with Crippen LogP contribution in [0.1, 0.15) is 13.3 Å². The van der Waals surface area contributed by atoms with Gasteiger partial charge >= 0.3 is 0 Å². The number of ether oxygens (including phenoxy) is 1. The number of hydrogen-bond acceptors (Lipinski definition) is 3. The third-order valence-electron chi connectivity index (χ3n) is 2.61. The molecule has 0 saturated carbocycles. The maximum absolute atomic E-state index is 5.93. The van der Waals surface area contributed by atoms with E-state index < -0.39 is 0 Å². The number of halogens is 2. The van der Waals surface area contributed by atoms with E-state index in [2.05, 4.69) is 28.2 Å². The standard InChI is InChI=1S/C15H16BrClN2O/c1-2-5-20-13-8-11(18)7-12(9-13)19-15-4-3-10(17)6-14(15)16/h3-4,6-9,19H,2,5,18H2,1H3. The summed E-state index contributed by atoms with van der Waals surface area (Å²) < 4.78 is 6.50. The first-order valence-corrected chi connectivity index (χ1v) is 7.51. The molecule has 3 N–H and O–H groups in total. The number of anilines is 3. The Morgan fingerprint density at radius 1 is 1.25 bits per heavy atom. The highest BCUT2D eigenvalue weighted by Crippen LogP contribution is 2.31. The van der Waals surface area contributed by atoms with Gasteiger partial charge in [0.15, 0.2) is 0 Å². The third kappa shape index (κ3) is 4.05. The Balaban J connectivity index is 2.21. The number of nitrogens with one attached hydrogen (secondary N) is 1. The van der Waals surface area contributed by atoms with E-state index >= 15 is 0 Å². The Hall–Kier alpha value is -1.39. The van der Waals surface area contributed by atoms with Crippen LogP contribution in [0.25, 0.3) is 0 Å². The van der Waals surface area contributed by atoms with Crippen LogP contribution in [-0.4, -0.2) is 6.61 Å². The zero-order chi connectivity index (χ0) is 14.5. The number of hydrogen-bond donors (Lipinski definition) is 2. The molecule has 20 heavy (non-hydrogen) atoms. The van der Waals surface area contributed by atoms with Gasteiger partial charge in [-0.15, -0.1) is 0 Å². The lowest BCUT2D eigenvalue weighted by molar-refractivity contribution is 0.318. The van der Waals surface area contributed by atoms with Crippen LogP contribution in [-0.2, 0) is 0 Å². The van der Waals surface area contributed by atoms with Gasteiger partial charge in [-0.05, 0) is 46.6 Å². The van der Waals surface area contributed by atoms with Gasteiger partial charge in [0.25, 0.3) is 0 Å². The smallest absolute Gasteiger partial charge is 0.123 e. The molecule has 0 radical (unpaired) electrons. The third-order valence-corrected chi connectivity index (χ3v) is 3.50. The molecule has 3 nitrogen and oxygen atoms in total. The van der Waals surface area contributed by atoms with Crippen LogP contribution < -0.4 is 15.8 Å². The molecular weight excluding hydrogens is 340 g/mol. The normalized spacial score (nSPS) is 10.3. The van der Waals surface area contributed by atoms with Crippen LogP contribution in [0.15, 0.2) is 40.9 Å². The minimum absolute atomic E-state index is 0.659. The van der Waals surface area contributed by atoms with Crippen LogP contribution >= 0.6 is 27.5 Å². The lowest BCUT2D eigenvalue weighted by Gasteiger charge is -2.12. The highest BCUT2D eigenvalue weighted by atomic mass is 79.9. The average Bonchev–Trinajstić information content (AvgIpc) is 2.39. The average molecular weight is 356 g/mol. The molecule has 0 saturated heterocycles. The predicted molar refractivity (Wildman–Crippen MR) is 89.1 cm³/mol. The fraction of sp³-hybridized carbons (Fsp3) is 0.200. The van der Waals surface area contributed by atoms with Gasteiger partial charge in [0, 0.05) is 33.0 Å². The molecule has 2 aromatic carbocycles. The fourth-order valence-corrected chi connectivity index (χ4v) is 2.53. The SMILES string of the molecule is CCCOc1cc(N)cc(Nc2ccc(Cl)cc2Br)c1. The van der Waals surface area contributed by atoms with Crippen LogP contribution in [0.4, 0.5) is 17.1 Å². The van der Waals surface area contributed by atoms with E-state index in [4.69, 9.17) is 22.1 Å². The zero-order valence-electron chi connectivity index (χ0n) is 11.1. The Morgan fingerprint density at radius 3 is 2.75 bits per heavy atom. The molecule has 0 spiro atoms. The van der Waals surface area contributed by atoms with Crippen molar-refractivity contribution in [2.45, 2.75) is 13.3 Å². The van der Waals surface area contributed by atoms with Crippen molar-refractivity contribution >= 4 is 44.6 Å². The van der Waals surface area contributed by atoms with Crippen LogP contribution in [0.5, 0.6) is 5.75 Å². The van der Waals surface area contributed by atoms with E-state index in [1.54, 1.807) is 0 Å². The monoisotopic (exact) mass is 354 g/mol. The lowest BCUT2D eigenvalue weighted by Crippen LogP contribution is -1.98. The number of nitrogens with two attached hydrogens (primary N) is 1. The summed E-state index contributed by atoms with van der Waals surface area (Å²) in [7, 11) is 0. The topological polar surface area (TPSA) is 47.3 Å². The van der Waals surface area contributed by atoms with E-state index in [-0.39, 0.29) is 0 Å². The van der Waals surface area contributed by atoms with Gasteiger partial charge in [0.2, 0.25) is 0 Å². The first-order valence-electron chi connectivity index (χ1n) is 6.34. The molecule has 0 heterocycles. The summed E-state index contributed by atoms with van der Waals surface area (Å²) in [5.41, 5.74) is 8.34. The molecular formula is C15H16BrClN2O. The summed E-state index contributed by atoms with van der Waals surface area (Å²) in [5, 5.41) is 3.97. The molecule has 0 aromatic heterocycles. The minimum atomic E-state index is 0.659. The van der Waals surface area contributed by atoms with Gasteiger partial charge in [-0.1, -0.05) is 18.5 Å². The van der Waals surface area contributed by atoms with Crippen LogP contribution in [0, 0.1) is 0 Å². The summed E-state index contributed by atoms with van der Waals surface area (Å²) >= 11 is 9.40. The van der Waals surface area contributed by atoms with Crippen molar-refractivity contribution in [2.24, 2.45) is 0 Å². The molecule has 0 unspecified atom stereocenters. The predicted octanol–water partition coefficient (Wildman–Crippen LogP) is 5.22. The van der Waals surface area contributed by atoms with Gasteiger partial charge in [-0.25, -0.2) is 0 Å². The molecule has 5 heteroatoms. The first kappa shape index (κ1) is 15.0. The van der Waals surface area contributed by atoms with Crippen molar-refractivity contribution in [3.8, 4) is 5.75 Å². The molecule has 106 valence electrons. The molecule has 0 aliphatic carbocycles. The summed E-state index contributed by atoms with van der Waals surface area (Å²) in [6, 6.07) is 11.2. The van der Waals surface area contributed by atoms with Crippen LogP contribution in [0.3, 0.4) is 0 Å². The second-order valence-electron chi connectivity index (χ2n) is 4.39. The quantitative estimate of drug-likeness (QED) is 0.723. The summed E-state index contributed by atoms with van der Waals surface area (Å²) in [5.74, 6) is 0.763. The Kier molecular flexibility index (Phi) is 5.15. The summed E-state index contributed by atoms with van der Waals surface area (Å²) in [6.07, 6.45) is 0.959. The van der Waals surface area contributed by atoms with Crippen molar-refractivity contribution in [2.75, 3.05) is 17.7 Å². The molecule has 2 aromatic rings. The molecule has 0 atom stereocenters. The largest absolute Gasteiger partial charge is 0.493 e. The van der Waals surface area contributed by atoms with Crippen molar-refractivity contribution < 1.29 is 4.74 Å². The number of nitrogen functional groups attached to an aromatic ring is 1. The second-order valence-corrected chi connectivity index (χ2v) is 5.68. The van der Waals surface area contributed by atoms with Crippen molar-refractivity contribution in [1.82, 2.24) is 0 Å². The van der Waals surface area contributed by atoms with E-state index in [0.29, 0.717) is 17.3 Å². The lowest BCUT2D eigenvalue weighted by atomic mass is 10.2. The minimum Gasteiger partial charge on any atom is -0.493 e. The summed E-state index contributed by atoms with van der Waals surface area (Å²) in [4.78, 5) is 0. The van der Waals surface area contributed by atoms with E-state index in [1.165, 1.54) is 0 Å². The number of benzene rings is 2. The second kappa shape index (κ2) is 6.86. The van der Waals surface area contributed by atoms with Crippen molar-refractivity contribution in [3.05, 3.63) is 45.9 Å². The van der Waals surface area contributed by atoms with Gasteiger partial charge < -0.3 is 15.8 Å². The van der Waals surface area contributed by atoms with Crippen LogP contribution in [0.2, 0.25) is 5.02 Å². The highest BCUT2D eigenvalue weighted by molar-refractivity contribution is 9.10. The van der Waals surface area contributed by atoms with E-state index in [9.17, 15) is 0 Å². The number of rotatable bonds is 5. The Bertz CT molecular complexity index is 604. The van der Waals surface area contributed by atoms with E-state index in [1.807, 2.05) is 36.4 Å². The fourth-order valence-electron chi connectivity index (χ4n) is 1.74. The molecule has 0 amide bonds. The molecule has 0 bridgehead atoms. The Labute approximate surface area is 132 Å². The van der Waals surface area contributed by atoms with E-state index in [0.717, 1.165) is 28.0 Å². The van der Waals surface area contributed by atoms with Gasteiger partial charge in [0.05, 0.1) is 12.3 Å². The molecule has 2 rings (SSSR count). The van der Waals surface area contributed by atoms with Crippen molar-refractivity contribution in [3.63, 3.8) is 0 Å².